The van der Waals surface area contributed by atoms with E-state index in [9.17, 15) is 4.79 Å². The summed E-state index contributed by atoms with van der Waals surface area (Å²) in [5.74, 6) is -0.197. The lowest BCUT2D eigenvalue weighted by Crippen LogP contribution is -2.50. The average molecular weight is 157 g/mol. The molecule has 0 spiro atoms. The van der Waals surface area contributed by atoms with Gasteiger partial charge in [-0.05, 0) is 0 Å². The maximum atomic E-state index is 10.9. The van der Waals surface area contributed by atoms with Crippen LogP contribution in [0, 0.1) is 0 Å². The summed E-state index contributed by atoms with van der Waals surface area (Å²) in [4.78, 5) is 10.9. The van der Waals surface area contributed by atoms with Crippen LogP contribution in [0.1, 0.15) is 6.42 Å². The van der Waals surface area contributed by atoms with Crippen molar-refractivity contribution in [1.29, 1.82) is 0 Å². The van der Waals surface area contributed by atoms with Crippen LogP contribution < -0.4 is 5.32 Å². The van der Waals surface area contributed by atoms with E-state index in [-0.39, 0.29) is 18.2 Å². The summed E-state index contributed by atoms with van der Waals surface area (Å²) in [5, 5.41) is 3.07. The van der Waals surface area contributed by atoms with Crippen LogP contribution in [0.5, 0.6) is 0 Å². The van der Waals surface area contributed by atoms with E-state index >= 15 is 0 Å². The molecule has 62 valence electrons. The molecule has 0 saturated carbocycles. The number of esters is 1. The highest BCUT2D eigenvalue weighted by Crippen LogP contribution is 2.13. The standard InChI is InChI=1S/C7H11NO3/c9-7-6(1-2-10-7)11-5-3-8-4-5/h5-6,8H,1-4H2. The van der Waals surface area contributed by atoms with Crippen molar-refractivity contribution in [3.8, 4) is 0 Å². The molecule has 0 bridgehead atoms. The van der Waals surface area contributed by atoms with Gasteiger partial charge in [0.05, 0.1) is 12.7 Å². The second kappa shape index (κ2) is 2.79. The van der Waals surface area contributed by atoms with Crippen molar-refractivity contribution in [3.05, 3.63) is 0 Å². The van der Waals surface area contributed by atoms with E-state index in [1.807, 2.05) is 0 Å². The maximum absolute atomic E-state index is 10.9. The van der Waals surface area contributed by atoms with Gasteiger partial charge in [-0.25, -0.2) is 4.79 Å². The zero-order chi connectivity index (χ0) is 7.68. The maximum Gasteiger partial charge on any atom is 0.335 e. The number of hydrogen-bond acceptors (Lipinski definition) is 4. The third-order valence-electron chi connectivity index (χ3n) is 1.99. The smallest absolute Gasteiger partial charge is 0.335 e. The van der Waals surface area contributed by atoms with Crippen LogP contribution in [0.15, 0.2) is 0 Å². The molecule has 2 rings (SSSR count). The molecule has 2 aliphatic rings. The van der Waals surface area contributed by atoms with Crippen LogP contribution in [-0.2, 0) is 14.3 Å². The van der Waals surface area contributed by atoms with Crippen molar-refractivity contribution in [2.24, 2.45) is 0 Å². The fraction of sp³-hybridized carbons (Fsp3) is 0.857. The van der Waals surface area contributed by atoms with Crippen molar-refractivity contribution in [1.82, 2.24) is 5.32 Å². The zero-order valence-electron chi connectivity index (χ0n) is 6.21. The van der Waals surface area contributed by atoms with Gasteiger partial charge in [0.25, 0.3) is 0 Å². The molecular formula is C7H11NO3. The van der Waals surface area contributed by atoms with E-state index in [4.69, 9.17) is 9.47 Å². The fourth-order valence-electron chi connectivity index (χ4n) is 1.19. The molecule has 1 unspecified atom stereocenters. The van der Waals surface area contributed by atoms with Crippen LogP contribution >= 0.6 is 0 Å². The van der Waals surface area contributed by atoms with Gasteiger partial charge in [-0.15, -0.1) is 0 Å². The minimum Gasteiger partial charge on any atom is -0.464 e. The summed E-state index contributed by atoms with van der Waals surface area (Å²) >= 11 is 0. The van der Waals surface area contributed by atoms with Gasteiger partial charge in [-0.2, -0.15) is 0 Å². The van der Waals surface area contributed by atoms with Crippen molar-refractivity contribution >= 4 is 5.97 Å². The van der Waals surface area contributed by atoms with Gasteiger partial charge < -0.3 is 14.8 Å². The van der Waals surface area contributed by atoms with Gasteiger partial charge >= 0.3 is 5.97 Å². The Balaban J connectivity index is 1.80. The Hall–Kier alpha value is -0.610. The lowest BCUT2D eigenvalue weighted by Gasteiger charge is -2.28. The summed E-state index contributed by atoms with van der Waals surface area (Å²) in [6, 6.07) is 0. The van der Waals surface area contributed by atoms with Gasteiger partial charge in [0.15, 0.2) is 6.10 Å². The SMILES string of the molecule is O=C1OCCC1OC1CNC1. The molecule has 2 heterocycles. The highest BCUT2D eigenvalue weighted by Gasteiger charge is 2.31. The van der Waals surface area contributed by atoms with E-state index in [0.29, 0.717) is 6.61 Å². The highest BCUT2D eigenvalue weighted by atomic mass is 16.6. The Morgan fingerprint density at radius 2 is 2.36 bits per heavy atom. The molecule has 2 fully saturated rings. The second-order valence-electron chi connectivity index (χ2n) is 2.86. The number of ether oxygens (including phenoxy) is 2. The van der Waals surface area contributed by atoms with Gasteiger partial charge in [0.2, 0.25) is 0 Å². The Bertz CT molecular complexity index is 167. The predicted molar refractivity (Wildman–Crippen MR) is 37.1 cm³/mol. The summed E-state index contributed by atoms with van der Waals surface area (Å²) in [6.45, 7) is 2.25. The van der Waals surface area contributed by atoms with E-state index < -0.39 is 0 Å². The predicted octanol–water partition coefficient (Wildman–Crippen LogP) is -0.710. The van der Waals surface area contributed by atoms with Gasteiger partial charge in [0, 0.05) is 19.5 Å². The number of cyclic esters (lactones) is 1. The third-order valence-corrected chi connectivity index (χ3v) is 1.99. The van der Waals surface area contributed by atoms with E-state index in [1.54, 1.807) is 0 Å². The Morgan fingerprint density at radius 1 is 1.55 bits per heavy atom. The van der Waals surface area contributed by atoms with Gasteiger partial charge in [0.1, 0.15) is 0 Å². The molecular weight excluding hydrogens is 146 g/mol. The molecule has 4 nitrogen and oxygen atoms in total. The number of carbonyl (C=O) groups is 1. The lowest BCUT2D eigenvalue weighted by atomic mass is 10.2. The van der Waals surface area contributed by atoms with E-state index in [2.05, 4.69) is 5.32 Å². The van der Waals surface area contributed by atoms with Crippen LogP contribution in [-0.4, -0.2) is 37.9 Å². The van der Waals surface area contributed by atoms with Crippen LogP contribution in [0.3, 0.4) is 0 Å². The fourth-order valence-corrected chi connectivity index (χ4v) is 1.19. The van der Waals surface area contributed by atoms with Gasteiger partial charge in [-0.1, -0.05) is 0 Å². The Labute approximate surface area is 64.9 Å². The number of hydrogen-bond donors (Lipinski definition) is 1. The quantitative estimate of drug-likeness (QED) is 0.538. The van der Waals surface area contributed by atoms with Crippen molar-refractivity contribution in [2.75, 3.05) is 19.7 Å². The molecule has 0 aromatic carbocycles. The molecule has 11 heavy (non-hydrogen) atoms. The first-order valence-electron chi connectivity index (χ1n) is 3.89. The molecule has 0 aliphatic carbocycles. The Kier molecular flexibility index (Phi) is 1.79. The summed E-state index contributed by atoms with van der Waals surface area (Å²) < 4.78 is 10.2. The molecule has 4 heteroatoms. The first kappa shape index (κ1) is 7.06. The Morgan fingerprint density at radius 3 is 2.82 bits per heavy atom. The summed E-state index contributed by atoms with van der Waals surface area (Å²) in [6.07, 6.45) is 0.655. The van der Waals surface area contributed by atoms with Crippen LogP contribution in [0.2, 0.25) is 0 Å². The first-order valence-corrected chi connectivity index (χ1v) is 3.89. The monoisotopic (exact) mass is 157 g/mol. The van der Waals surface area contributed by atoms with Gasteiger partial charge in [-0.3, -0.25) is 0 Å². The van der Waals surface area contributed by atoms with Crippen LogP contribution in [0.4, 0.5) is 0 Å². The molecule has 2 saturated heterocycles. The van der Waals surface area contributed by atoms with Crippen molar-refractivity contribution in [3.63, 3.8) is 0 Å². The number of rotatable bonds is 2. The third kappa shape index (κ3) is 1.36. The lowest BCUT2D eigenvalue weighted by molar-refractivity contribution is -0.151. The summed E-state index contributed by atoms with van der Waals surface area (Å²) in [5.41, 5.74) is 0. The molecule has 0 radical (unpaired) electrons. The van der Waals surface area contributed by atoms with E-state index in [1.165, 1.54) is 0 Å². The molecule has 0 amide bonds. The van der Waals surface area contributed by atoms with Crippen molar-refractivity contribution in [2.45, 2.75) is 18.6 Å². The normalized spacial score (nSPS) is 31.6. The number of nitrogens with one attached hydrogen (secondary N) is 1. The topological polar surface area (TPSA) is 47.6 Å². The van der Waals surface area contributed by atoms with Crippen molar-refractivity contribution < 1.29 is 14.3 Å². The minimum absolute atomic E-state index is 0.197. The van der Waals surface area contributed by atoms with E-state index in [0.717, 1.165) is 19.5 Å². The molecule has 1 N–H and O–H groups in total. The molecule has 0 aromatic heterocycles. The molecule has 1 atom stereocenters. The summed E-state index contributed by atoms with van der Waals surface area (Å²) in [7, 11) is 0. The number of carbonyl (C=O) groups excluding carboxylic acids is 1. The molecule has 0 aromatic rings. The minimum atomic E-state index is -0.290. The zero-order valence-corrected chi connectivity index (χ0v) is 6.21. The largest absolute Gasteiger partial charge is 0.464 e. The second-order valence-corrected chi connectivity index (χ2v) is 2.86. The first-order chi connectivity index (χ1) is 5.36. The highest BCUT2D eigenvalue weighted by molar-refractivity contribution is 5.76. The van der Waals surface area contributed by atoms with Crippen LogP contribution in [0.25, 0.3) is 0 Å². The molecule has 2 aliphatic heterocycles. The average Bonchev–Trinajstić information content (AvgIpc) is 2.27.